The third kappa shape index (κ3) is 2.96. The van der Waals surface area contributed by atoms with E-state index in [-0.39, 0.29) is 0 Å². The van der Waals surface area contributed by atoms with Gasteiger partial charge in [-0.3, -0.25) is 4.90 Å². The van der Waals surface area contributed by atoms with Crippen LogP contribution >= 0.6 is 0 Å². The molecule has 84 valence electrons. The Labute approximate surface area is 88.8 Å². The smallest absolute Gasteiger partial charge is 0.0104 e. The highest BCUT2D eigenvalue weighted by Gasteiger charge is 2.31. The lowest BCUT2D eigenvalue weighted by molar-refractivity contribution is 0.153. The second-order valence-electron chi connectivity index (χ2n) is 5.70. The van der Waals surface area contributed by atoms with E-state index < -0.39 is 0 Å². The SMILES string of the molecule is CC(C)N1CCCC1CC(C)(C)CN. The van der Waals surface area contributed by atoms with E-state index in [2.05, 4.69) is 32.6 Å². The molecule has 2 N–H and O–H groups in total. The van der Waals surface area contributed by atoms with Crippen LogP contribution in [0.15, 0.2) is 0 Å². The lowest BCUT2D eigenvalue weighted by Crippen LogP contribution is -2.39. The van der Waals surface area contributed by atoms with Crippen molar-refractivity contribution in [2.75, 3.05) is 13.1 Å². The minimum Gasteiger partial charge on any atom is -0.330 e. The maximum absolute atomic E-state index is 5.79. The fourth-order valence-corrected chi connectivity index (χ4v) is 2.48. The predicted molar refractivity (Wildman–Crippen MR) is 62.3 cm³/mol. The highest BCUT2D eigenvalue weighted by molar-refractivity contribution is 4.86. The largest absolute Gasteiger partial charge is 0.330 e. The van der Waals surface area contributed by atoms with Gasteiger partial charge in [0.25, 0.3) is 0 Å². The quantitative estimate of drug-likeness (QED) is 0.750. The molecule has 0 bridgehead atoms. The average molecular weight is 198 g/mol. The second kappa shape index (κ2) is 4.63. The van der Waals surface area contributed by atoms with Gasteiger partial charge in [-0.1, -0.05) is 13.8 Å². The van der Waals surface area contributed by atoms with Crippen molar-refractivity contribution in [1.29, 1.82) is 0 Å². The topological polar surface area (TPSA) is 29.3 Å². The summed E-state index contributed by atoms with van der Waals surface area (Å²) in [5, 5.41) is 0. The Bertz CT molecular complexity index is 175. The van der Waals surface area contributed by atoms with E-state index in [1.165, 1.54) is 25.8 Å². The Morgan fingerprint density at radius 1 is 1.43 bits per heavy atom. The van der Waals surface area contributed by atoms with Crippen molar-refractivity contribution in [2.45, 2.75) is 59.0 Å². The zero-order chi connectivity index (χ0) is 10.8. The normalized spacial score (nSPS) is 24.9. The van der Waals surface area contributed by atoms with Gasteiger partial charge in [-0.05, 0) is 51.6 Å². The summed E-state index contributed by atoms with van der Waals surface area (Å²) in [6.07, 6.45) is 3.98. The van der Waals surface area contributed by atoms with Crippen molar-refractivity contribution in [2.24, 2.45) is 11.1 Å². The predicted octanol–water partition coefficient (Wildman–Crippen LogP) is 2.23. The molecule has 2 nitrogen and oxygen atoms in total. The van der Waals surface area contributed by atoms with Crippen LogP contribution in [0, 0.1) is 5.41 Å². The summed E-state index contributed by atoms with van der Waals surface area (Å²) in [5.74, 6) is 0. The molecule has 2 heteroatoms. The van der Waals surface area contributed by atoms with Gasteiger partial charge >= 0.3 is 0 Å². The zero-order valence-electron chi connectivity index (χ0n) is 10.2. The molecule has 1 atom stereocenters. The molecule has 0 spiro atoms. The molecule has 1 rings (SSSR count). The Morgan fingerprint density at radius 2 is 2.07 bits per heavy atom. The maximum Gasteiger partial charge on any atom is 0.0104 e. The highest BCUT2D eigenvalue weighted by atomic mass is 15.2. The van der Waals surface area contributed by atoms with E-state index in [0.717, 1.165) is 12.6 Å². The standard InChI is InChI=1S/C12H26N2/c1-10(2)14-7-5-6-11(14)8-12(3,4)9-13/h10-11H,5-9,13H2,1-4H3. The van der Waals surface area contributed by atoms with Gasteiger partial charge in [0.2, 0.25) is 0 Å². The van der Waals surface area contributed by atoms with Gasteiger partial charge in [0, 0.05) is 12.1 Å². The van der Waals surface area contributed by atoms with Crippen molar-refractivity contribution in [3.8, 4) is 0 Å². The summed E-state index contributed by atoms with van der Waals surface area (Å²) >= 11 is 0. The molecule has 0 amide bonds. The third-order valence-electron chi connectivity index (χ3n) is 3.43. The van der Waals surface area contributed by atoms with Crippen molar-refractivity contribution in [3.63, 3.8) is 0 Å². The number of hydrogen-bond donors (Lipinski definition) is 1. The van der Waals surface area contributed by atoms with Crippen LogP contribution < -0.4 is 5.73 Å². The van der Waals surface area contributed by atoms with Crippen molar-refractivity contribution >= 4 is 0 Å². The van der Waals surface area contributed by atoms with Crippen LogP contribution in [-0.2, 0) is 0 Å². The monoisotopic (exact) mass is 198 g/mol. The molecular weight excluding hydrogens is 172 g/mol. The van der Waals surface area contributed by atoms with E-state index in [0.29, 0.717) is 11.5 Å². The van der Waals surface area contributed by atoms with Gasteiger partial charge in [-0.15, -0.1) is 0 Å². The first-order valence-corrected chi connectivity index (χ1v) is 5.92. The van der Waals surface area contributed by atoms with Gasteiger partial charge in [0.05, 0.1) is 0 Å². The molecule has 1 saturated heterocycles. The number of nitrogens with zero attached hydrogens (tertiary/aromatic N) is 1. The van der Waals surface area contributed by atoms with Gasteiger partial charge in [-0.25, -0.2) is 0 Å². The van der Waals surface area contributed by atoms with Crippen molar-refractivity contribution in [1.82, 2.24) is 4.90 Å². The van der Waals surface area contributed by atoms with Gasteiger partial charge in [0.15, 0.2) is 0 Å². The summed E-state index contributed by atoms with van der Waals surface area (Å²) in [6.45, 7) is 11.2. The summed E-state index contributed by atoms with van der Waals surface area (Å²) in [5.41, 5.74) is 6.10. The fourth-order valence-electron chi connectivity index (χ4n) is 2.48. The molecule has 1 aliphatic heterocycles. The molecule has 0 saturated carbocycles. The van der Waals surface area contributed by atoms with E-state index in [1.807, 2.05) is 0 Å². The van der Waals surface area contributed by atoms with Crippen LogP contribution in [-0.4, -0.2) is 30.1 Å². The first-order valence-electron chi connectivity index (χ1n) is 5.92. The number of likely N-dealkylation sites (tertiary alicyclic amines) is 1. The molecular formula is C12H26N2. The van der Waals surface area contributed by atoms with E-state index >= 15 is 0 Å². The van der Waals surface area contributed by atoms with E-state index in [1.54, 1.807) is 0 Å². The summed E-state index contributed by atoms with van der Waals surface area (Å²) in [4.78, 5) is 2.64. The molecule has 14 heavy (non-hydrogen) atoms. The third-order valence-corrected chi connectivity index (χ3v) is 3.43. The van der Waals surface area contributed by atoms with Crippen LogP contribution in [0.1, 0.15) is 47.0 Å². The van der Waals surface area contributed by atoms with Gasteiger partial charge in [-0.2, -0.15) is 0 Å². The van der Waals surface area contributed by atoms with E-state index in [4.69, 9.17) is 5.73 Å². The average Bonchev–Trinajstić information content (AvgIpc) is 2.51. The fraction of sp³-hybridized carbons (Fsp3) is 1.00. The Kier molecular flexibility index (Phi) is 3.96. The molecule has 0 radical (unpaired) electrons. The van der Waals surface area contributed by atoms with Crippen LogP contribution in [0.4, 0.5) is 0 Å². The molecule has 1 unspecified atom stereocenters. The van der Waals surface area contributed by atoms with Gasteiger partial charge < -0.3 is 5.73 Å². The lowest BCUT2D eigenvalue weighted by atomic mass is 9.85. The summed E-state index contributed by atoms with van der Waals surface area (Å²) in [6, 6.07) is 1.46. The van der Waals surface area contributed by atoms with Crippen LogP contribution in [0.5, 0.6) is 0 Å². The minimum atomic E-state index is 0.308. The zero-order valence-corrected chi connectivity index (χ0v) is 10.2. The van der Waals surface area contributed by atoms with Crippen LogP contribution in [0.25, 0.3) is 0 Å². The molecule has 1 heterocycles. The maximum atomic E-state index is 5.79. The Morgan fingerprint density at radius 3 is 2.57 bits per heavy atom. The number of nitrogens with two attached hydrogens (primary N) is 1. The molecule has 0 aliphatic carbocycles. The summed E-state index contributed by atoms with van der Waals surface area (Å²) in [7, 11) is 0. The Balaban J connectivity index is 2.51. The van der Waals surface area contributed by atoms with Crippen LogP contribution in [0.2, 0.25) is 0 Å². The second-order valence-corrected chi connectivity index (χ2v) is 5.70. The Hall–Kier alpha value is -0.0800. The van der Waals surface area contributed by atoms with Crippen molar-refractivity contribution < 1.29 is 0 Å². The first kappa shape index (κ1) is 12.0. The van der Waals surface area contributed by atoms with Crippen molar-refractivity contribution in [3.05, 3.63) is 0 Å². The number of hydrogen-bond acceptors (Lipinski definition) is 2. The molecule has 0 aromatic heterocycles. The number of rotatable bonds is 4. The first-order chi connectivity index (χ1) is 6.46. The van der Waals surface area contributed by atoms with Crippen LogP contribution in [0.3, 0.4) is 0 Å². The lowest BCUT2D eigenvalue weighted by Gasteiger charge is -2.34. The molecule has 1 aliphatic rings. The van der Waals surface area contributed by atoms with E-state index in [9.17, 15) is 0 Å². The highest BCUT2D eigenvalue weighted by Crippen LogP contribution is 2.30. The summed E-state index contributed by atoms with van der Waals surface area (Å²) < 4.78 is 0. The van der Waals surface area contributed by atoms with Gasteiger partial charge in [0.1, 0.15) is 0 Å². The molecule has 1 fully saturated rings. The molecule has 0 aromatic carbocycles. The molecule has 0 aromatic rings. The minimum absolute atomic E-state index is 0.308.